The summed E-state index contributed by atoms with van der Waals surface area (Å²) in [5, 5.41) is 3.75. The van der Waals surface area contributed by atoms with E-state index in [4.69, 9.17) is 0 Å². The second-order valence-electron chi connectivity index (χ2n) is 8.32. The van der Waals surface area contributed by atoms with Crippen LogP contribution < -0.4 is 5.32 Å². The Kier molecular flexibility index (Phi) is 4.75. The molecule has 0 heterocycles. The lowest BCUT2D eigenvalue weighted by molar-refractivity contribution is -0.0742. The van der Waals surface area contributed by atoms with Crippen LogP contribution in [0, 0.1) is 23.2 Å². The number of unbranched alkanes of at least 4 members (excludes halogenated alkanes) is 4. The van der Waals surface area contributed by atoms with Crippen LogP contribution in [0.5, 0.6) is 0 Å². The maximum atomic E-state index is 3.75. The summed E-state index contributed by atoms with van der Waals surface area (Å²) in [5.74, 6) is 3.28. The molecular formula is C19H35N. The third kappa shape index (κ3) is 2.93. The summed E-state index contributed by atoms with van der Waals surface area (Å²) in [4.78, 5) is 0. The van der Waals surface area contributed by atoms with Crippen molar-refractivity contribution in [2.75, 3.05) is 7.05 Å². The molecule has 4 rings (SSSR count). The molecule has 0 spiro atoms. The Labute approximate surface area is 126 Å². The Morgan fingerprint density at radius 1 is 0.900 bits per heavy atom. The Bertz CT molecular complexity index is 274. The molecule has 0 saturated heterocycles. The Morgan fingerprint density at radius 3 is 1.95 bits per heavy atom. The van der Waals surface area contributed by atoms with E-state index in [1.807, 2.05) is 0 Å². The number of nitrogens with one attached hydrogen (secondary N) is 1. The molecule has 0 aromatic heterocycles. The first-order chi connectivity index (χ1) is 9.75. The minimum absolute atomic E-state index is 0.703. The minimum Gasteiger partial charge on any atom is -0.316 e. The first-order valence-corrected chi connectivity index (χ1v) is 9.43. The van der Waals surface area contributed by atoms with Gasteiger partial charge in [0, 0.05) is 6.04 Å². The van der Waals surface area contributed by atoms with Gasteiger partial charge in [0.05, 0.1) is 0 Å². The summed E-state index contributed by atoms with van der Waals surface area (Å²) in [6.07, 6.45) is 18.0. The van der Waals surface area contributed by atoms with Crippen LogP contribution in [-0.2, 0) is 0 Å². The van der Waals surface area contributed by atoms with E-state index in [2.05, 4.69) is 19.3 Å². The van der Waals surface area contributed by atoms with Gasteiger partial charge < -0.3 is 5.32 Å². The Hall–Kier alpha value is -0.0400. The molecule has 116 valence electrons. The second-order valence-corrected chi connectivity index (χ2v) is 8.32. The smallest absolute Gasteiger partial charge is 0.0121 e. The van der Waals surface area contributed by atoms with Gasteiger partial charge in [0.15, 0.2) is 0 Å². The van der Waals surface area contributed by atoms with Gasteiger partial charge in [-0.2, -0.15) is 0 Å². The van der Waals surface area contributed by atoms with Crippen molar-refractivity contribution in [2.24, 2.45) is 23.2 Å². The largest absolute Gasteiger partial charge is 0.316 e. The molecule has 1 unspecified atom stereocenters. The van der Waals surface area contributed by atoms with Crippen LogP contribution in [0.4, 0.5) is 0 Å². The van der Waals surface area contributed by atoms with Crippen molar-refractivity contribution >= 4 is 0 Å². The zero-order chi connectivity index (χ0) is 14.0. The summed E-state index contributed by atoms with van der Waals surface area (Å²) in [6.45, 7) is 2.31. The van der Waals surface area contributed by atoms with Crippen LogP contribution in [0.1, 0.15) is 84.0 Å². The van der Waals surface area contributed by atoms with Crippen LogP contribution in [-0.4, -0.2) is 13.1 Å². The van der Waals surface area contributed by atoms with Crippen molar-refractivity contribution in [3.05, 3.63) is 0 Å². The van der Waals surface area contributed by atoms with E-state index >= 15 is 0 Å². The van der Waals surface area contributed by atoms with Crippen LogP contribution in [0.25, 0.3) is 0 Å². The van der Waals surface area contributed by atoms with Crippen molar-refractivity contribution in [1.82, 2.24) is 5.32 Å². The molecule has 4 aliphatic carbocycles. The highest BCUT2D eigenvalue weighted by Gasteiger charge is 2.53. The summed E-state index contributed by atoms with van der Waals surface area (Å²) in [5.41, 5.74) is 0.703. The monoisotopic (exact) mass is 277 g/mol. The van der Waals surface area contributed by atoms with Gasteiger partial charge in [0.2, 0.25) is 0 Å². The molecule has 4 aliphatic rings. The molecule has 4 bridgehead atoms. The average Bonchev–Trinajstić information content (AvgIpc) is 2.41. The lowest BCUT2D eigenvalue weighted by atomic mass is 9.47. The van der Waals surface area contributed by atoms with E-state index in [-0.39, 0.29) is 0 Å². The predicted molar refractivity (Wildman–Crippen MR) is 86.8 cm³/mol. The molecule has 1 N–H and O–H groups in total. The normalized spacial score (nSPS) is 40.2. The second kappa shape index (κ2) is 6.38. The molecule has 0 aliphatic heterocycles. The molecule has 4 saturated carbocycles. The minimum atomic E-state index is 0.703. The van der Waals surface area contributed by atoms with E-state index in [0.29, 0.717) is 5.41 Å². The van der Waals surface area contributed by atoms with Gasteiger partial charge in [-0.05, 0) is 75.2 Å². The first-order valence-electron chi connectivity index (χ1n) is 9.43. The van der Waals surface area contributed by atoms with Gasteiger partial charge in [-0.25, -0.2) is 0 Å². The molecule has 0 amide bonds. The predicted octanol–water partition coefficient (Wildman–Crippen LogP) is 5.15. The maximum absolute atomic E-state index is 3.75. The molecule has 1 nitrogen and oxygen atoms in total. The summed E-state index contributed by atoms with van der Waals surface area (Å²) >= 11 is 0. The van der Waals surface area contributed by atoms with Crippen LogP contribution in [0.15, 0.2) is 0 Å². The fraction of sp³-hybridized carbons (Fsp3) is 1.00. The molecule has 0 aromatic carbocycles. The number of hydrogen-bond acceptors (Lipinski definition) is 1. The third-order valence-corrected chi connectivity index (χ3v) is 6.77. The van der Waals surface area contributed by atoms with Gasteiger partial charge in [0.1, 0.15) is 0 Å². The van der Waals surface area contributed by atoms with Crippen LogP contribution in [0.2, 0.25) is 0 Å². The van der Waals surface area contributed by atoms with E-state index in [0.717, 1.165) is 23.8 Å². The SMILES string of the molecule is CCCCCCCC(NC)C12CC3CC(CC(C3)C1)C2. The van der Waals surface area contributed by atoms with Crippen molar-refractivity contribution in [2.45, 2.75) is 90.0 Å². The molecule has 0 radical (unpaired) electrons. The van der Waals surface area contributed by atoms with E-state index in [1.54, 1.807) is 38.5 Å². The van der Waals surface area contributed by atoms with E-state index in [9.17, 15) is 0 Å². The highest BCUT2D eigenvalue weighted by molar-refractivity contribution is 5.05. The molecular weight excluding hydrogens is 242 g/mol. The number of hydrogen-bond donors (Lipinski definition) is 1. The van der Waals surface area contributed by atoms with Crippen LogP contribution >= 0.6 is 0 Å². The lowest BCUT2D eigenvalue weighted by Crippen LogP contribution is -2.55. The fourth-order valence-electron chi connectivity index (χ4n) is 6.31. The van der Waals surface area contributed by atoms with Crippen molar-refractivity contribution < 1.29 is 0 Å². The van der Waals surface area contributed by atoms with Gasteiger partial charge >= 0.3 is 0 Å². The topological polar surface area (TPSA) is 12.0 Å². The molecule has 0 aromatic rings. The maximum Gasteiger partial charge on any atom is 0.0121 e. The Balaban J connectivity index is 1.55. The molecule has 1 heteroatoms. The quantitative estimate of drug-likeness (QED) is 0.605. The van der Waals surface area contributed by atoms with E-state index in [1.165, 1.54) is 38.5 Å². The van der Waals surface area contributed by atoms with Crippen LogP contribution in [0.3, 0.4) is 0 Å². The van der Waals surface area contributed by atoms with Crippen molar-refractivity contribution in [3.63, 3.8) is 0 Å². The third-order valence-electron chi connectivity index (χ3n) is 6.77. The summed E-state index contributed by atoms with van der Waals surface area (Å²) < 4.78 is 0. The zero-order valence-corrected chi connectivity index (χ0v) is 13.8. The van der Waals surface area contributed by atoms with Gasteiger partial charge in [-0.3, -0.25) is 0 Å². The van der Waals surface area contributed by atoms with Gasteiger partial charge in [0.25, 0.3) is 0 Å². The molecule has 1 atom stereocenters. The number of rotatable bonds is 8. The highest BCUT2D eigenvalue weighted by Crippen LogP contribution is 2.61. The first kappa shape index (κ1) is 14.9. The average molecular weight is 277 g/mol. The molecule has 20 heavy (non-hydrogen) atoms. The Morgan fingerprint density at radius 2 is 1.45 bits per heavy atom. The summed E-state index contributed by atoms with van der Waals surface area (Å²) in [6, 6.07) is 0.817. The van der Waals surface area contributed by atoms with Gasteiger partial charge in [-0.1, -0.05) is 39.0 Å². The van der Waals surface area contributed by atoms with Crippen molar-refractivity contribution in [1.29, 1.82) is 0 Å². The van der Waals surface area contributed by atoms with Crippen molar-refractivity contribution in [3.8, 4) is 0 Å². The molecule has 4 fully saturated rings. The fourth-order valence-corrected chi connectivity index (χ4v) is 6.31. The van der Waals surface area contributed by atoms with Gasteiger partial charge in [-0.15, -0.1) is 0 Å². The summed E-state index contributed by atoms with van der Waals surface area (Å²) in [7, 11) is 2.23. The van der Waals surface area contributed by atoms with E-state index < -0.39 is 0 Å². The standard InChI is InChI=1S/C19H35N/c1-3-4-5-6-7-8-18(20-2)19-12-15-9-16(13-19)11-17(10-15)14-19/h15-18,20H,3-14H2,1-2H3. The zero-order valence-electron chi connectivity index (χ0n) is 13.8. The lowest BCUT2D eigenvalue weighted by Gasteiger charge is -2.59. The highest BCUT2D eigenvalue weighted by atomic mass is 14.9.